The lowest BCUT2D eigenvalue weighted by molar-refractivity contribution is 0.231. The molecule has 2 N–H and O–H groups in total. The Morgan fingerprint density at radius 1 is 1.33 bits per heavy atom. The van der Waals surface area contributed by atoms with Gasteiger partial charge < -0.3 is 10.4 Å². The molecule has 82 valence electrons. The van der Waals surface area contributed by atoms with E-state index in [1.54, 1.807) is 0 Å². The molecule has 0 spiro atoms. The summed E-state index contributed by atoms with van der Waals surface area (Å²) in [5.41, 5.74) is 1.17. The van der Waals surface area contributed by atoms with Crippen molar-refractivity contribution in [2.75, 3.05) is 6.61 Å². The third kappa shape index (κ3) is 2.80. The monoisotopic (exact) mass is 205 g/mol. The molecule has 0 aromatic heterocycles. The average molecular weight is 205 g/mol. The molecule has 0 aliphatic heterocycles. The molecule has 2 rings (SSSR count). The zero-order chi connectivity index (χ0) is 10.7. The van der Waals surface area contributed by atoms with Crippen LogP contribution in [0.2, 0.25) is 0 Å². The van der Waals surface area contributed by atoms with Crippen LogP contribution in [-0.2, 0) is 0 Å². The molecule has 2 nitrogen and oxygen atoms in total. The van der Waals surface area contributed by atoms with Gasteiger partial charge in [0.15, 0.2) is 0 Å². The van der Waals surface area contributed by atoms with E-state index < -0.39 is 0 Å². The Kier molecular flexibility index (Phi) is 3.39. The zero-order valence-electron chi connectivity index (χ0n) is 9.19. The maximum atomic E-state index is 9.37. The molecule has 1 saturated carbocycles. The molecule has 1 aromatic carbocycles. The van der Waals surface area contributed by atoms with Crippen molar-refractivity contribution in [3.8, 4) is 0 Å². The zero-order valence-corrected chi connectivity index (χ0v) is 9.19. The van der Waals surface area contributed by atoms with Gasteiger partial charge >= 0.3 is 0 Å². The second-order valence-corrected chi connectivity index (χ2v) is 4.44. The van der Waals surface area contributed by atoms with Crippen LogP contribution in [0.25, 0.3) is 0 Å². The molecule has 1 fully saturated rings. The molecule has 1 aliphatic rings. The molecular formula is C13H19NO. The molecule has 0 bridgehead atoms. The van der Waals surface area contributed by atoms with Crippen LogP contribution >= 0.6 is 0 Å². The van der Waals surface area contributed by atoms with Crippen molar-refractivity contribution in [1.29, 1.82) is 0 Å². The Morgan fingerprint density at radius 2 is 2.00 bits per heavy atom. The summed E-state index contributed by atoms with van der Waals surface area (Å²) in [6, 6.07) is 10.8. The van der Waals surface area contributed by atoms with E-state index in [1.165, 1.54) is 18.4 Å². The van der Waals surface area contributed by atoms with Gasteiger partial charge in [0.1, 0.15) is 0 Å². The maximum Gasteiger partial charge on any atom is 0.0626 e. The molecule has 2 heteroatoms. The lowest BCUT2D eigenvalue weighted by Crippen LogP contribution is -2.34. The average Bonchev–Trinajstić information content (AvgIpc) is 3.10. The number of benzene rings is 1. The van der Waals surface area contributed by atoms with E-state index in [2.05, 4.69) is 24.4 Å². The lowest BCUT2D eigenvalue weighted by Gasteiger charge is -2.21. The van der Waals surface area contributed by atoms with Gasteiger partial charge in [-0.3, -0.25) is 0 Å². The highest BCUT2D eigenvalue weighted by molar-refractivity contribution is 5.19. The molecule has 15 heavy (non-hydrogen) atoms. The van der Waals surface area contributed by atoms with Crippen molar-refractivity contribution < 1.29 is 5.11 Å². The minimum absolute atomic E-state index is 0.0850. The molecule has 0 unspecified atom stereocenters. The van der Waals surface area contributed by atoms with E-state index in [4.69, 9.17) is 0 Å². The summed E-state index contributed by atoms with van der Waals surface area (Å²) in [4.78, 5) is 0. The van der Waals surface area contributed by atoms with Gasteiger partial charge in [-0.1, -0.05) is 30.3 Å². The second-order valence-electron chi connectivity index (χ2n) is 4.44. The second kappa shape index (κ2) is 4.77. The van der Waals surface area contributed by atoms with Crippen molar-refractivity contribution in [3.05, 3.63) is 35.9 Å². The third-order valence-corrected chi connectivity index (χ3v) is 3.18. The Bertz CT molecular complexity index is 295. The smallest absolute Gasteiger partial charge is 0.0626 e. The highest BCUT2D eigenvalue weighted by atomic mass is 16.3. The molecule has 1 aromatic rings. The highest BCUT2D eigenvalue weighted by Crippen LogP contribution is 2.33. The van der Waals surface area contributed by atoms with Crippen LogP contribution in [0, 0.1) is 5.92 Å². The fourth-order valence-electron chi connectivity index (χ4n) is 1.99. The molecular weight excluding hydrogens is 186 g/mol. The molecule has 2 atom stereocenters. The fraction of sp³-hybridized carbons (Fsp3) is 0.538. The van der Waals surface area contributed by atoms with E-state index in [1.807, 2.05) is 18.2 Å². The van der Waals surface area contributed by atoms with E-state index in [-0.39, 0.29) is 12.6 Å². The standard InChI is InChI=1S/C13H19NO/c1-10(11-7-8-11)14-13(9-15)12-5-3-2-4-6-12/h2-6,10-11,13-15H,7-9H2,1H3/t10-,13-/m1/s1. The van der Waals surface area contributed by atoms with Crippen LogP contribution < -0.4 is 5.32 Å². The van der Waals surface area contributed by atoms with Gasteiger partial charge in [0, 0.05) is 6.04 Å². The first-order valence-electron chi connectivity index (χ1n) is 5.73. The van der Waals surface area contributed by atoms with E-state index >= 15 is 0 Å². The van der Waals surface area contributed by atoms with Crippen molar-refractivity contribution in [2.45, 2.75) is 31.8 Å². The normalized spacial score (nSPS) is 19.9. The van der Waals surface area contributed by atoms with Crippen molar-refractivity contribution in [2.24, 2.45) is 5.92 Å². The van der Waals surface area contributed by atoms with Gasteiger partial charge in [-0.15, -0.1) is 0 Å². The third-order valence-electron chi connectivity index (χ3n) is 3.18. The highest BCUT2D eigenvalue weighted by Gasteiger charge is 2.29. The van der Waals surface area contributed by atoms with Gasteiger partial charge in [0.05, 0.1) is 12.6 Å². The number of aliphatic hydroxyl groups is 1. The van der Waals surface area contributed by atoms with Crippen molar-refractivity contribution in [3.63, 3.8) is 0 Å². The van der Waals surface area contributed by atoms with E-state index in [0.717, 1.165) is 5.92 Å². The first kappa shape index (κ1) is 10.7. The molecule has 0 heterocycles. The fourth-order valence-corrected chi connectivity index (χ4v) is 1.99. The van der Waals surface area contributed by atoms with Crippen LogP contribution in [0.4, 0.5) is 0 Å². The van der Waals surface area contributed by atoms with Crippen molar-refractivity contribution in [1.82, 2.24) is 5.32 Å². The molecule has 0 saturated heterocycles. The number of rotatable bonds is 5. The van der Waals surface area contributed by atoms with E-state index in [9.17, 15) is 5.11 Å². The minimum atomic E-state index is 0.0850. The predicted molar refractivity (Wildman–Crippen MR) is 61.6 cm³/mol. The van der Waals surface area contributed by atoms with Gasteiger partial charge in [-0.2, -0.15) is 0 Å². The van der Waals surface area contributed by atoms with Crippen LogP contribution in [0.5, 0.6) is 0 Å². The van der Waals surface area contributed by atoms with Gasteiger partial charge in [-0.05, 0) is 31.2 Å². The Labute approximate surface area is 91.3 Å². The van der Waals surface area contributed by atoms with Crippen LogP contribution in [-0.4, -0.2) is 17.8 Å². The van der Waals surface area contributed by atoms with E-state index in [0.29, 0.717) is 6.04 Å². The van der Waals surface area contributed by atoms with Gasteiger partial charge in [0.25, 0.3) is 0 Å². The molecule has 1 aliphatic carbocycles. The van der Waals surface area contributed by atoms with Crippen molar-refractivity contribution >= 4 is 0 Å². The van der Waals surface area contributed by atoms with Crippen LogP contribution in [0.1, 0.15) is 31.4 Å². The summed E-state index contributed by atoms with van der Waals surface area (Å²) in [5.74, 6) is 0.822. The number of hydrogen-bond acceptors (Lipinski definition) is 2. The first-order valence-corrected chi connectivity index (χ1v) is 5.73. The maximum absolute atomic E-state index is 9.37. The van der Waals surface area contributed by atoms with Gasteiger partial charge in [-0.25, -0.2) is 0 Å². The number of aliphatic hydroxyl groups excluding tert-OH is 1. The summed E-state index contributed by atoms with van der Waals surface area (Å²) in [6.07, 6.45) is 2.67. The quantitative estimate of drug-likeness (QED) is 0.771. The summed E-state index contributed by atoms with van der Waals surface area (Å²) in [6.45, 7) is 2.38. The van der Waals surface area contributed by atoms with Crippen LogP contribution in [0.15, 0.2) is 30.3 Å². The first-order chi connectivity index (χ1) is 7.31. The topological polar surface area (TPSA) is 32.3 Å². The Balaban J connectivity index is 1.97. The minimum Gasteiger partial charge on any atom is -0.394 e. The Hall–Kier alpha value is -0.860. The Morgan fingerprint density at radius 3 is 2.53 bits per heavy atom. The SMILES string of the molecule is C[C@@H](N[C@H](CO)c1ccccc1)C1CC1. The summed E-state index contributed by atoms with van der Waals surface area (Å²) >= 11 is 0. The molecule has 0 radical (unpaired) electrons. The molecule has 0 amide bonds. The lowest BCUT2D eigenvalue weighted by atomic mass is 10.1. The van der Waals surface area contributed by atoms with Crippen LogP contribution in [0.3, 0.4) is 0 Å². The summed E-state index contributed by atoms with van der Waals surface area (Å²) in [5, 5.41) is 12.9. The number of hydrogen-bond donors (Lipinski definition) is 2. The van der Waals surface area contributed by atoms with Gasteiger partial charge in [0.2, 0.25) is 0 Å². The largest absolute Gasteiger partial charge is 0.394 e. The summed E-state index contributed by atoms with van der Waals surface area (Å²) < 4.78 is 0. The predicted octanol–water partition coefficient (Wildman–Crippen LogP) is 2.11. The summed E-state index contributed by atoms with van der Waals surface area (Å²) in [7, 11) is 0. The number of nitrogens with one attached hydrogen (secondary N) is 1.